The Bertz CT molecular complexity index is 1360. The fourth-order valence-electron chi connectivity index (χ4n) is 4.27. The van der Waals surface area contributed by atoms with Gasteiger partial charge in [0.1, 0.15) is 0 Å². The summed E-state index contributed by atoms with van der Waals surface area (Å²) in [5.41, 5.74) is 5.03. The van der Waals surface area contributed by atoms with E-state index in [0.717, 1.165) is 41.9 Å². The van der Waals surface area contributed by atoms with Gasteiger partial charge < -0.3 is 15.3 Å². The molecule has 216 valence electrons. The van der Waals surface area contributed by atoms with Crippen molar-refractivity contribution in [2.24, 2.45) is 0 Å². The van der Waals surface area contributed by atoms with E-state index in [0.29, 0.717) is 10.9 Å². The minimum atomic E-state index is -5.08. The topological polar surface area (TPSA) is 98.7 Å². The predicted molar refractivity (Wildman–Crippen MR) is 148 cm³/mol. The third-order valence-electron chi connectivity index (χ3n) is 6.62. The number of sulfonamides is 1. The van der Waals surface area contributed by atoms with Crippen molar-refractivity contribution in [1.29, 1.82) is 0 Å². The predicted octanol–water partition coefficient (Wildman–Crippen LogP) is 4.96. The zero-order chi connectivity index (χ0) is 29.3. The summed E-state index contributed by atoms with van der Waals surface area (Å²) in [5.74, 6) is -2.76. The Balaban J connectivity index is 0.000000559. The number of likely N-dealkylation sites (tertiary alicyclic amines) is 1. The van der Waals surface area contributed by atoms with Crippen LogP contribution in [0.15, 0.2) is 77.7 Å². The standard InChI is InChI=1S/C27H33N3O2S.C2HF3O2/c1-21-18-25(12-13-27(21)33(31,32)29-20-22-6-4-3-5-7-22)24-10-8-23(9-11-24)19-28-26-14-16-30(2)17-15-26;3-2(4,5)1(6)7/h3-13,18,26,28-29H,14-17,19-20H2,1-2H3;(H,6,7). The van der Waals surface area contributed by atoms with Crippen LogP contribution in [0.5, 0.6) is 0 Å². The van der Waals surface area contributed by atoms with Gasteiger partial charge in [-0.2, -0.15) is 13.2 Å². The molecule has 0 radical (unpaired) electrons. The van der Waals surface area contributed by atoms with Crippen molar-refractivity contribution in [3.63, 3.8) is 0 Å². The summed E-state index contributed by atoms with van der Waals surface area (Å²) in [6, 6.07) is 24.2. The molecule has 0 spiro atoms. The van der Waals surface area contributed by atoms with Crippen LogP contribution in [-0.2, 0) is 27.9 Å². The van der Waals surface area contributed by atoms with Gasteiger partial charge in [0.05, 0.1) is 4.90 Å². The Morgan fingerprint density at radius 2 is 1.48 bits per heavy atom. The molecule has 0 aromatic heterocycles. The number of rotatable bonds is 8. The first-order valence-corrected chi connectivity index (χ1v) is 14.3. The summed E-state index contributed by atoms with van der Waals surface area (Å²) >= 11 is 0. The molecular weight excluding hydrogens is 543 g/mol. The number of carboxylic acid groups (broad SMARTS) is 1. The molecule has 0 amide bonds. The molecule has 0 unspecified atom stereocenters. The highest BCUT2D eigenvalue weighted by atomic mass is 32.2. The molecule has 1 saturated heterocycles. The maximum Gasteiger partial charge on any atom is 0.490 e. The van der Waals surface area contributed by atoms with E-state index in [9.17, 15) is 21.6 Å². The molecule has 0 bridgehead atoms. The highest BCUT2D eigenvalue weighted by Gasteiger charge is 2.38. The van der Waals surface area contributed by atoms with Gasteiger partial charge in [-0.15, -0.1) is 0 Å². The Labute approximate surface area is 233 Å². The maximum atomic E-state index is 12.8. The van der Waals surface area contributed by atoms with Crippen molar-refractivity contribution < 1.29 is 31.5 Å². The van der Waals surface area contributed by atoms with Gasteiger partial charge in [-0.05, 0) is 73.8 Å². The van der Waals surface area contributed by atoms with E-state index in [4.69, 9.17) is 9.90 Å². The largest absolute Gasteiger partial charge is 0.490 e. The highest BCUT2D eigenvalue weighted by molar-refractivity contribution is 7.89. The second kappa shape index (κ2) is 13.9. The van der Waals surface area contributed by atoms with Crippen LogP contribution in [0.25, 0.3) is 11.1 Å². The Morgan fingerprint density at radius 1 is 0.925 bits per heavy atom. The number of piperidine rings is 1. The first kappa shape index (κ1) is 31.3. The van der Waals surface area contributed by atoms with Gasteiger partial charge in [0.15, 0.2) is 0 Å². The lowest BCUT2D eigenvalue weighted by Crippen LogP contribution is -2.40. The molecule has 1 aliphatic heterocycles. The highest BCUT2D eigenvalue weighted by Crippen LogP contribution is 2.25. The zero-order valence-electron chi connectivity index (χ0n) is 22.4. The average Bonchev–Trinajstić information content (AvgIpc) is 2.92. The van der Waals surface area contributed by atoms with Crippen LogP contribution in [0.3, 0.4) is 0 Å². The summed E-state index contributed by atoms with van der Waals surface area (Å²) in [4.78, 5) is 11.6. The van der Waals surface area contributed by atoms with Gasteiger partial charge in [-0.3, -0.25) is 0 Å². The summed E-state index contributed by atoms with van der Waals surface area (Å²) in [6.45, 7) is 5.31. The number of halogens is 3. The molecule has 0 aliphatic carbocycles. The Kier molecular flexibility index (Phi) is 10.9. The normalized spacial score (nSPS) is 14.8. The third-order valence-corrected chi connectivity index (χ3v) is 8.18. The molecule has 11 heteroatoms. The number of nitrogens with zero attached hydrogens (tertiary/aromatic N) is 1. The van der Waals surface area contributed by atoms with Gasteiger partial charge in [0, 0.05) is 19.1 Å². The van der Waals surface area contributed by atoms with Crippen molar-refractivity contribution in [2.75, 3.05) is 20.1 Å². The molecule has 0 saturated carbocycles. The van der Waals surface area contributed by atoms with Gasteiger partial charge in [-0.25, -0.2) is 17.9 Å². The first-order chi connectivity index (χ1) is 18.8. The molecule has 3 N–H and O–H groups in total. The quantitative estimate of drug-likeness (QED) is 0.350. The van der Waals surface area contributed by atoms with Crippen molar-refractivity contribution in [3.8, 4) is 11.1 Å². The van der Waals surface area contributed by atoms with Crippen molar-refractivity contribution in [3.05, 3.63) is 89.5 Å². The van der Waals surface area contributed by atoms with E-state index < -0.39 is 22.2 Å². The van der Waals surface area contributed by atoms with E-state index in [1.807, 2.05) is 49.4 Å². The van der Waals surface area contributed by atoms with E-state index in [2.05, 4.69) is 46.3 Å². The molecule has 1 heterocycles. The minimum absolute atomic E-state index is 0.275. The molecule has 0 atom stereocenters. The number of hydrogen-bond donors (Lipinski definition) is 3. The lowest BCUT2D eigenvalue weighted by molar-refractivity contribution is -0.192. The van der Waals surface area contributed by atoms with Crippen LogP contribution in [0, 0.1) is 6.92 Å². The van der Waals surface area contributed by atoms with Gasteiger partial charge in [0.25, 0.3) is 0 Å². The second-order valence-electron chi connectivity index (χ2n) is 9.75. The summed E-state index contributed by atoms with van der Waals surface area (Å²) in [7, 11) is -1.40. The first-order valence-electron chi connectivity index (χ1n) is 12.8. The van der Waals surface area contributed by atoms with E-state index in [1.165, 1.54) is 18.4 Å². The SMILES string of the molecule is Cc1cc(-c2ccc(CNC3CCN(C)CC3)cc2)ccc1S(=O)(=O)NCc1ccccc1.O=C(O)C(F)(F)F. The Hall–Kier alpha value is -3.25. The monoisotopic (exact) mass is 577 g/mol. The molecule has 1 aliphatic rings. The Morgan fingerprint density at radius 3 is 2.02 bits per heavy atom. The number of alkyl halides is 3. The van der Waals surface area contributed by atoms with Crippen molar-refractivity contribution in [1.82, 2.24) is 14.9 Å². The molecule has 4 rings (SSSR count). The molecule has 3 aromatic rings. The maximum absolute atomic E-state index is 12.8. The molecule has 3 aromatic carbocycles. The zero-order valence-corrected chi connectivity index (χ0v) is 23.2. The lowest BCUT2D eigenvalue weighted by Gasteiger charge is -2.29. The number of carboxylic acids is 1. The lowest BCUT2D eigenvalue weighted by atomic mass is 10.0. The van der Waals surface area contributed by atoms with Crippen LogP contribution in [0.4, 0.5) is 13.2 Å². The fourth-order valence-corrected chi connectivity index (χ4v) is 5.51. The van der Waals surface area contributed by atoms with Gasteiger partial charge in [0.2, 0.25) is 10.0 Å². The number of carbonyl (C=O) groups is 1. The van der Waals surface area contributed by atoms with Crippen LogP contribution in [0.1, 0.15) is 29.5 Å². The number of aryl methyl sites for hydroxylation is 1. The third kappa shape index (κ3) is 9.44. The average molecular weight is 578 g/mol. The number of aliphatic carboxylic acids is 1. The number of nitrogens with one attached hydrogen (secondary N) is 2. The minimum Gasteiger partial charge on any atom is -0.475 e. The van der Waals surface area contributed by atoms with Crippen LogP contribution in [-0.4, -0.2) is 56.7 Å². The van der Waals surface area contributed by atoms with Crippen molar-refractivity contribution >= 4 is 16.0 Å². The molecular formula is C29H34F3N3O4S. The number of hydrogen-bond acceptors (Lipinski definition) is 5. The summed E-state index contributed by atoms with van der Waals surface area (Å²) in [6.07, 6.45) is -2.69. The molecule has 1 fully saturated rings. The van der Waals surface area contributed by atoms with Crippen molar-refractivity contribution in [2.45, 2.75) is 50.0 Å². The van der Waals surface area contributed by atoms with E-state index in [1.54, 1.807) is 6.07 Å². The molecule has 7 nitrogen and oxygen atoms in total. The molecule has 40 heavy (non-hydrogen) atoms. The van der Waals surface area contributed by atoms with Crippen LogP contribution < -0.4 is 10.0 Å². The second-order valence-corrected chi connectivity index (χ2v) is 11.5. The van der Waals surface area contributed by atoms with Gasteiger partial charge in [-0.1, -0.05) is 66.7 Å². The van der Waals surface area contributed by atoms with E-state index >= 15 is 0 Å². The van der Waals surface area contributed by atoms with E-state index in [-0.39, 0.29) is 6.54 Å². The summed E-state index contributed by atoms with van der Waals surface area (Å²) in [5, 5.41) is 10.8. The fraction of sp³-hybridized carbons (Fsp3) is 0.345. The number of benzene rings is 3. The van der Waals surface area contributed by atoms with Crippen LogP contribution >= 0.6 is 0 Å². The van der Waals surface area contributed by atoms with Gasteiger partial charge >= 0.3 is 12.1 Å². The summed E-state index contributed by atoms with van der Waals surface area (Å²) < 4.78 is 60.1. The van der Waals surface area contributed by atoms with Crippen LogP contribution in [0.2, 0.25) is 0 Å². The smallest absolute Gasteiger partial charge is 0.475 e.